The SMILES string of the molecule is O=C(O)CN(CC1CC1)C1CCCSC1. The lowest BCUT2D eigenvalue weighted by Gasteiger charge is -2.32. The lowest BCUT2D eigenvalue weighted by Crippen LogP contribution is -2.43. The van der Waals surface area contributed by atoms with Crippen molar-refractivity contribution in [1.82, 2.24) is 4.90 Å². The van der Waals surface area contributed by atoms with E-state index >= 15 is 0 Å². The molecule has 0 spiro atoms. The van der Waals surface area contributed by atoms with Crippen molar-refractivity contribution in [2.75, 3.05) is 24.6 Å². The van der Waals surface area contributed by atoms with Crippen molar-refractivity contribution in [2.45, 2.75) is 31.7 Å². The third-order valence-corrected chi connectivity index (χ3v) is 4.38. The molecule has 1 unspecified atom stereocenters. The van der Waals surface area contributed by atoms with Crippen LogP contribution in [0, 0.1) is 5.92 Å². The van der Waals surface area contributed by atoms with Crippen LogP contribution in [-0.4, -0.2) is 46.6 Å². The molecule has 0 radical (unpaired) electrons. The molecule has 1 heterocycles. The van der Waals surface area contributed by atoms with Crippen LogP contribution in [0.1, 0.15) is 25.7 Å². The molecule has 15 heavy (non-hydrogen) atoms. The number of rotatable bonds is 5. The van der Waals surface area contributed by atoms with E-state index in [9.17, 15) is 4.79 Å². The van der Waals surface area contributed by atoms with Crippen molar-refractivity contribution < 1.29 is 9.90 Å². The van der Waals surface area contributed by atoms with Crippen molar-refractivity contribution in [3.63, 3.8) is 0 Å². The first-order valence-corrected chi connectivity index (χ1v) is 6.95. The molecular weight excluding hydrogens is 210 g/mol. The zero-order chi connectivity index (χ0) is 10.7. The average molecular weight is 229 g/mol. The second-order valence-electron chi connectivity index (χ2n) is 4.64. The highest BCUT2D eigenvalue weighted by molar-refractivity contribution is 7.99. The maximum atomic E-state index is 10.8. The van der Waals surface area contributed by atoms with Crippen LogP contribution in [0.4, 0.5) is 0 Å². The molecule has 4 heteroatoms. The Morgan fingerprint density at radius 2 is 2.20 bits per heavy atom. The molecule has 3 nitrogen and oxygen atoms in total. The predicted molar refractivity (Wildman–Crippen MR) is 62.3 cm³/mol. The largest absolute Gasteiger partial charge is 0.480 e. The molecular formula is C11H19NO2S. The van der Waals surface area contributed by atoms with Gasteiger partial charge in [0.1, 0.15) is 0 Å². The molecule has 1 aliphatic carbocycles. The molecule has 1 N–H and O–H groups in total. The number of aliphatic carboxylic acids is 1. The molecule has 1 saturated heterocycles. The van der Waals surface area contributed by atoms with E-state index in [0.29, 0.717) is 6.04 Å². The number of hydrogen-bond donors (Lipinski definition) is 1. The summed E-state index contributed by atoms with van der Waals surface area (Å²) in [5.41, 5.74) is 0. The zero-order valence-corrected chi connectivity index (χ0v) is 9.84. The van der Waals surface area contributed by atoms with Crippen LogP contribution in [0.5, 0.6) is 0 Å². The first-order chi connectivity index (χ1) is 7.25. The molecule has 1 aliphatic heterocycles. The summed E-state index contributed by atoms with van der Waals surface area (Å²) in [5.74, 6) is 2.49. The van der Waals surface area contributed by atoms with Gasteiger partial charge in [0, 0.05) is 18.3 Å². The van der Waals surface area contributed by atoms with Gasteiger partial charge in [-0.2, -0.15) is 11.8 Å². The Balaban J connectivity index is 1.86. The van der Waals surface area contributed by atoms with Gasteiger partial charge in [-0.25, -0.2) is 0 Å². The Hall–Kier alpha value is -0.220. The van der Waals surface area contributed by atoms with Gasteiger partial charge in [-0.3, -0.25) is 9.69 Å². The maximum Gasteiger partial charge on any atom is 0.317 e. The second kappa shape index (κ2) is 5.21. The van der Waals surface area contributed by atoms with Crippen LogP contribution in [0.3, 0.4) is 0 Å². The molecule has 2 aliphatic rings. The summed E-state index contributed by atoms with van der Waals surface area (Å²) < 4.78 is 0. The smallest absolute Gasteiger partial charge is 0.317 e. The Bertz CT molecular complexity index is 225. The molecule has 1 atom stereocenters. The molecule has 0 bridgehead atoms. The topological polar surface area (TPSA) is 40.5 Å². The minimum atomic E-state index is -0.675. The minimum absolute atomic E-state index is 0.238. The summed E-state index contributed by atoms with van der Waals surface area (Å²) in [5, 5.41) is 8.90. The van der Waals surface area contributed by atoms with Crippen molar-refractivity contribution in [2.24, 2.45) is 5.92 Å². The average Bonchev–Trinajstić information content (AvgIpc) is 3.01. The molecule has 1 saturated carbocycles. The van der Waals surface area contributed by atoms with E-state index in [1.807, 2.05) is 11.8 Å². The fourth-order valence-corrected chi connectivity index (χ4v) is 3.35. The Morgan fingerprint density at radius 1 is 1.40 bits per heavy atom. The van der Waals surface area contributed by atoms with Crippen LogP contribution in [0.25, 0.3) is 0 Å². The monoisotopic (exact) mass is 229 g/mol. The molecule has 0 aromatic carbocycles. The van der Waals surface area contributed by atoms with Crippen molar-refractivity contribution in [3.05, 3.63) is 0 Å². The third kappa shape index (κ3) is 3.68. The van der Waals surface area contributed by atoms with E-state index in [2.05, 4.69) is 4.90 Å². The Labute approximate surface area is 95.2 Å². The van der Waals surface area contributed by atoms with Gasteiger partial charge in [0.25, 0.3) is 0 Å². The van der Waals surface area contributed by atoms with E-state index in [4.69, 9.17) is 5.11 Å². The van der Waals surface area contributed by atoms with Gasteiger partial charge in [0.2, 0.25) is 0 Å². The second-order valence-corrected chi connectivity index (χ2v) is 5.79. The summed E-state index contributed by atoms with van der Waals surface area (Å²) in [4.78, 5) is 13.0. The van der Waals surface area contributed by atoms with Crippen LogP contribution >= 0.6 is 11.8 Å². The standard InChI is InChI=1S/C11H19NO2S/c13-11(14)7-12(6-9-3-4-9)10-2-1-5-15-8-10/h9-10H,1-8H2,(H,13,14). The van der Waals surface area contributed by atoms with Gasteiger partial charge in [0.05, 0.1) is 6.54 Å². The van der Waals surface area contributed by atoms with E-state index in [1.54, 1.807) is 0 Å². The summed E-state index contributed by atoms with van der Waals surface area (Å²) in [6.45, 7) is 1.25. The molecule has 0 amide bonds. The number of thioether (sulfide) groups is 1. The normalized spacial score (nSPS) is 26.9. The van der Waals surface area contributed by atoms with E-state index < -0.39 is 5.97 Å². The van der Waals surface area contributed by atoms with Crippen molar-refractivity contribution in [3.8, 4) is 0 Å². The first kappa shape index (κ1) is 11.3. The quantitative estimate of drug-likeness (QED) is 0.778. The van der Waals surface area contributed by atoms with E-state index in [1.165, 1.54) is 31.4 Å². The van der Waals surface area contributed by atoms with Gasteiger partial charge in [0.15, 0.2) is 0 Å². The summed E-state index contributed by atoms with van der Waals surface area (Å²) in [6, 6.07) is 0.514. The van der Waals surface area contributed by atoms with Crippen LogP contribution in [-0.2, 0) is 4.79 Å². The molecule has 0 aromatic rings. The number of carboxylic acids is 1. The highest BCUT2D eigenvalue weighted by atomic mass is 32.2. The van der Waals surface area contributed by atoms with Crippen LogP contribution in [0.15, 0.2) is 0 Å². The number of nitrogens with zero attached hydrogens (tertiary/aromatic N) is 1. The molecule has 2 fully saturated rings. The zero-order valence-electron chi connectivity index (χ0n) is 9.02. The summed E-state index contributed by atoms with van der Waals surface area (Å²) in [6.07, 6.45) is 5.04. The van der Waals surface area contributed by atoms with Crippen LogP contribution < -0.4 is 0 Å². The minimum Gasteiger partial charge on any atom is -0.480 e. The molecule has 0 aromatic heterocycles. The molecule has 2 rings (SSSR count). The fraction of sp³-hybridized carbons (Fsp3) is 0.909. The van der Waals surface area contributed by atoms with Gasteiger partial charge in [-0.15, -0.1) is 0 Å². The third-order valence-electron chi connectivity index (χ3n) is 3.18. The first-order valence-electron chi connectivity index (χ1n) is 5.79. The van der Waals surface area contributed by atoms with Gasteiger partial charge < -0.3 is 5.11 Å². The number of hydrogen-bond acceptors (Lipinski definition) is 3. The Kier molecular flexibility index (Phi) is 3.92. The van der Waals surface area contributed by atoms with E-state index in [0.717, 1.165) is 18.2 Å². The predicted octanol–water partition coefficient (Wildman–Crippen LogP) is 1.68. The van der Waals surface area contributed by atoms with Crippen LogP contribution in [0.2, 0.25) is 0 Å². The number of carbonyl (C=O) groups is 1. The lowest BCUT2D eigenvalue weighted by atomic mass is 10.1. The highest BCUT2D eigenvalue weighted by Crippen LogP contribution is 2.32. The molecule has 86 valence electrons. The lowest BCUT2D eigenvalue weighted by molar-refractivity contribution is -0.138. The summed E-state index contributed by atoms with van der Waals surface area (Å²) >= 11 is 1.97. The fourth-order valence-electron chi connectivity index (χ4n) is 2.16. The van der Waals surface area contributed by atoms with Gasteiger partial charge in [-0.1, -0.05) is 0 Å². The summed E-state index contributed by atoms with van der Waals surface area (Å²) in [7, 11) is 0. The maximum absolute atomic E-state index is 10.8. The number of carboxylic acid groups (broad SMARTS) is 1. The van der Waals surface area contributed by atoms with Crippen molar-refractivity contribution >= 4 is 17.7 Å². The van der Waals surface area contributed by atoms with E-state index in [-0.39, 0.29) is 6.54 Å². The highest BCUT2D eigenvalue weighted by Gasteiger charge is 2.29. The Morgan fingerprint density at radius 3 is 2.73 bits per heavy atom. The van der Waals surface area contributed by atoms with Crippen molar-refractivity contribution in [1.29, 1.82) is 0 Å². The van der Waals surface area contributed by atoms with Gasteiger partial charge in [-0.05, 0) is 37.4 Å². The van der Waals surface area contributed by atoms with Gasteiger partial charge >= 0.3 is 5.97 Å².